The van der Waals surface area contributed by atoms with E-state index in [9.17, 15) is 13.2 Å². The van der Waals surface area contributed by atoms with E-state index in [4.69, 9.17) is 9.47 Å². The first-order valence-electron chi connectivity index (χ1n) is 8.81. The molecule has 3 rings (SSSR count). The Morgan fingerprint density at radius 1 is 1.19 bits per heavy atom. The first-order valence-corrected chi connectivity index (χ1v) is 10.3. The molecule has 2 heterocycles. The Labute approximate surface area is 154 Å². The maximum absolute atomic E-state index is 12.6. The van der Waals surface area contributed by atoms with Crippen LogP contribution in [0, 0.1) is 0 Å². The number of carbonyl (C=O) groups excluding carboxylic acids is 1. The molecule has 1 N–H and O–H groups in total. The van der Waals surface area contributed by atoms with Crippen LogP contribution < -0.4 is 5.32 Å². The summed E-state index contributed by atoms with van der Waals surface area (Å²) in [4.78, 5) is 12.1. The average Bonchev–Trinajstić information content (AvgIpc) is 3.19. The summed E-state index contributed by atoms with van der Waals surface area (Å²) >= 11 is 0. The van der Waals surface area contributed by atoms with Crippen molar-refractivity contribution < 1.29 is 22.7 Å². The summed E-state index contributed by atoms with van der Waals surface area (Å²) in [6.07, 6.45) is 5.23. The molecule has 2 fully saturated rings. The van der Waals surface area contributed by atoms with E-state index >= 15 is 0 Å². The molecule has 2 aliphatic heterocycles. The summed E-state index contributed by atoms with van der Waals surface area (Å²) in [7, 11) is -3.49. The average molecular weight is 380 g/mol. The zero-order chi connectivity index (χ0) is 18.4. The van der Waals surface area contributed by atoms with E-state index in [1.54, 1.807) is 30.3 Å². The molecule has 1 atom stereocenters. The van der Waals surface area contributed by atoms with E-state index in [1.165, 1.54) is 10.4 Å². The highest BCUT2D eigenvalue weighted by Gasteiger charge is 2.25. The van der Waals surface area contributed by atoms with Crippen molar-refractivity contribution in [3.8, 4) is 0 Å². The van der Waals surface area contributed by atoms with Gasteiger partial charge in [-0.2, -0.15) is 4.31 Å². The minimum absolute atomic E-state index is 0.108. The number of carbonyl (C=O) groups is 1. The molecule has 1 amide bonds. The van der Waals surface area contributed by atoms with Gasteiger partial charge in [0.05, 0.1) is 24.2 Å². The first kappa shape index (κ1) is 19.0. The number of benzene rings is 1. The molecule has 0 aromatic heterocycles. The number of hydrogen-bond donors (Lipinski definition) is 1. The quantitative estimate of drug-likeness (QED) is 0.745. The van der Waals surface area contributed by atoms with Crippen molar-refractivity contribution in [1.29, 1.82) is 0 Å². The molecular weight excluding hydrogens is 356 g/mol. The number of rotatable bonds is 6. The lowest BCUT2D eigenvalue weighted by Gasteiger charge is -2.26. The van der Waals surface area contributed by atoms with Crippen LogP contribution in [0.4, 0.5) is 0 Å². The van der Waals surface area contributed by atoms with Crippen molar-refractivity contribution in [2.75, 3.05) is 39.5 Å². The van der Waals surface area contributed by atoms with E-state index in [2.05, 4.69) is 5.32 Å². The van der Waals surface area contributed by atoms with E-state index in [-0.39, 0.29) is 16.9 Å². The number of morpholine rings is 1. The standard InChI is InChI=1S/C18H24N2O5S/c21-18(19-14-16-2-1-11-25-16)8-5-15-3-6-17(7-4-15)26(22,23)20-9-12-24-13-10-20/h3-8,16H,1-2,9-14H2,(H,19,21)/b8-5+/t16-/m1/s1. The van der Waals surface area contributed by atoms with Gasteiger partial charge >= 0.3 is 0 Å². The molecule has 1 aromatic carbocycles. The Morgan fingerprint density at radius 3 is 2.58 bits per heavy atom. The fraction of sp³-hybridized carbons (Fsp3) is 0.500. The monoisotopic (exact) mass is 380 g/mol. The lowest BCUT2D eigenvalue weighted by Crippen LogP contribution is -2.40. The summed E-state index contributed by atoms with van der Waals surface area (Å²) in [6.45, 7) is 2.85. The largest absolute Gasteiger partial charge is 0.379 e. The number of ether oxygens (including phenoxy) is 2. The number of nitrogens with one attached hydrogen (secondary N) is 1. The van der Waals surface area contributed by atoms with Crippen LogP contribution in [0.25, 0.3) is 6.08 Å². The Morgan fingerprint density at radius 2 is 1.92 bits per heavy atom. The molecule has 0 unspecified atom stereocenters. The number of nitrogens with zero attached hydrogens (tertiary/aromatic N) is 1. The molecule has 2 saturated heterocycles. The molecule has 1 aromatic rings. The van der Waals surface area contributed by atoms with Gasteiger partial charge in [-0.3, -0.25) is 4.79 Å². The van der Waals surface area contributed by atoms with Gasteiger partial charge in [0, 0.05) is 32.3 Å². The van der Waals surface area contributed by atoms with E-state index in [1.807, 2.05) is 0 Å². The van der Waals surface area contributed by atoms with E-state index in [0.717, 1.165) is 25.0 Å². The Hall–Kier alpha value is -1.74. The third-order valence-electron chi connectivity index (χ3n) is 4.44. The predicted molar refractivity (Wildman–Crippen MR) is 97.0 cm³/mol. The number of amides is 1. The van der Waals surface area contributed by atoms with Crippen molar-refractivity contribution in [1.82, 2.24) is 9.62 Å². The minimum Gasteiger partial charge on any atom is -0.379 e. The number of sulfonamides is 1. The van der Waals surface area contributed by atoms with Crippen LogP contribution in [0.3, 0.4) is 0 Å². The second kappa shape index (κ2) is 8.77. The van der Waals surface area contributed by atoms with Gasteiger partial charge in [0.15, 0.2) is 0 Å². The third-order valence-corrected chi connectivity index (χ3v) is 6.36. The van der Waals surface area contributed by atoms with Gasteiger partial charge in [-0.25, -0.2) is 8.42 Å². The van der Waals surface area contributed by atoms with Crippen molar-refractivity contribution in [3.05, 3.63) is 35.9 Å². The molecule has 0 bridgehead atoms. The van der Waals surface area contributed by atoms with Crippen molar-refractivity contribution in [2.24, 2.45) is 0 Å². The maximum Gasteiger partial charge on any atom is 0.244 e. The predicted octanol–water partition coefficient (Wildman–Crippen LogP) is 1.02. The lowest BCUT2D eigenvalue weighted by molar-refractivity contribution is -0.116. The van der Waals surface area contributed by atoms with Gasteiger partial charge < -0.3 is 14.8 Å². The Balaban J connectivity index is 1.55. The SMILES string of the molecule is O=C(/C=C/c1ccc(S(=O)(=O)N2CCOCC2)cc1)NC[C@H]1CCCO1. The zero-order valence-corrected chi connectivity index (χ0v) is 15.4. The maximum atomic E-state index is 12.6. The fourth-order valence-corrected chi connectivity index (χ4v) is 4.35. The van der Waals surface area contributed by atoms with Gasteiger partial charge in [0.1, 0.15) is 0 Å². The molecular formula is C18H24N2O5S. The van der Waals surface area contributed by atoms with Crippen LogP contribution in [0.15, 0.2) is 35.2 Å². The highest BCUT2D eigenvalue weighted by molar-refractivity contribution is 7.89. The Kier molecular flexibility index (Phi) is 6.42. The second-order valence-corrected chi connectivity index (χ2v) is 8.24. The van der Waals surface area contributed by atoms with Crippen LogP contribution in [-0.2, 0) is 24.3 Å². The van der Waals surface area contributed by atoms with Crippen LogP contribution in [0.5, 0.6) is 0 Å². The molecule has 26 heavy (non-hydrogen) atoms. The van der Waals surface area contributed by atoms with Crippen LogP contribution in [-0.4, -0.2) is 64.2 Å². The highest BCUT2D eigenvalue weighted by atomic mass is 32.2. The molecule has 0 saturated carbocycles. The molecule has 8 heteroatoms. The second-order valence-electron chi connectivity index (χ2n) is 6.30. The molecule has 7 nitrogen and oxygen atoms in total. The summed E-state index contributed by atoms with van der Waals surface area (Å²) in [5, 5.41) is 2.81. The Bertz CT molecular complexity index is 733. The van der Waals surface area contributed by atoms with Crippen LogP contribution in [0.2, 0.25) is 0 Å². The summed E-state index contributed by atoms with van der Waals surface area (Å²) < 4.78 is 37.2. The number of hydrogen-bond acceptors (Lipinski definition) is 5. The summed E-state index contributed by atoms with van der Waals surface area (Å²) in [5.74, 6) is -0.189. The van der Waals surface area contributed by atoms with Crippen molar-refractivity contribution in [2.45, 2.75) is 23.8 Å². The summed E-state index contributed by atoms with van der Waals surface area (Å²) in [5.41, 5.74) is 0.762. The highest BCUT2D eigenvalue weighted by Crippen LogP contribution is 2.18. The minimum atomic E-state index is -3.49. The van der Waals surface area contributed by atoms with Crippen LogP contribution in [0.1, 0.15) is 18.4 Å². The molecule has 0 aliphatic carbocycles. The van der Waals surface area contributed by atoms with Crippen molar-refractivity contribution >= 4 is 22.0 Å². The third kappa shape index (κ3) is 4.91. The normalized spacial score (nSPS) is 21.9. The van der Waals surface area contributed by atoms with Gasteiger partial charge in [-0.15, -0.1) is 0 Å². The van der Waals surface area contributed by atoms with Crippen LogP contribution >= 0.6 is 0 Å². The van der Waals surface area contributed by atoms with E-state index < -0.39 is 10.0 Å². The van der Waals surface area contributed by atoms with Gasteiger partial charge in [-0.1, -0.05) is 12.1 Å². The molecule has 2 aliphatic rings. The van der Waals surface area contributed by atoms with Gasteiger partial charge in [0.2, 0.25) is 15.9 Å². The zero-order valence-electron chi connectivity index (χ0n) is 14.6. The van der Waals surface area contributed by atoms with E-state index in [0.29, 0.717) is 32.8 Å². The van der Waals surface area contributed by atoms with Gasteiger partial charge in [-0.05, 0) is 36.6 Å². The van der Waals surface area contributed by atoms with Crippen molar-refractivity contribution in [3.63, 3.8) is 0 Å². The van der Waals surface area contributed by atoms with Gasteiger partial charge in [0.25, 0.3) is 0 Å². The molecule has 142 valence electrons. The fourth-order valence-electron chi connectivity index (χ4n) is 2.94. The molecule has 0 spiro atoms. The lowest BCUT2D eigenvalue weighted by atomic mass is 10.2. The first-order chi connectivity index (χ1) is 12.6. The topological polar surface area (TPSA) is 84.9 Å². The summed E-state index contributed by atoms with van der Waals surface area (Å²) in [6, 6.07) is 6.51. The molecule has 0 radical (unpaired) electrons. The smallest absolute Gasteiger partial charge is 0.244 e.